The molecule has 2 aromatic rings. The molecule has 3 amide bonds. The van der Waals surface area contributed by atoms with Crippen LogP contribution < -0.4 is 26.4 Å². The molecule has 2 aromatic carbocycles. The van der Waals surface area contributed by atoms with Crippen molar-refractivity contribution in [3.05, 3.63) is 58.9 Å². The Balaban J connectivity index is 2.02. The van der Waals surface area contributed by atoms with E-state index >= 15 is 0 Å². The molecule has 0 aliphatic carbocycles. The fraction of sp³-hybridized carbons (Fsp3) is 0.118. The molecular weight excluding hydrogens is 402 g/mol. The quantitative estimate of drug-likeness (QED) is 0.342. The Kier molecular flexibility index (Phi) is 7.49. The summed E-state index contributed by atoms with van der Waals surface area (Å²) in [7, 11) is 0. The zero-order valence-electron chi connectivity index (χ0n) is 15.2. The third-order valence-electron chi connectivity index (χ3n) is 3.70. The molecular formula is C17H17N5O8-2. The normalized spacial score (nSPS) is 11.2. The number of urea groups is 1. The lowest BCUT2D eigenvalue weighted by Crippen LogP contribution is -2.46. The molecule has 0 aliphatic rings. The molecule has 0 saturated heterocycles. The summed E-state index contributed by atoms with van der Waals surface area (Å²) in [6.07, 6.45) is -0.711. The summed E-state index contributed by atoms with van der Waals surface area (Å²) in [5.41, 5.74) is 0.260. The summed E-state index contributed by atoms with van der Waals surface area (Å²) in [4.78, 5) is 35.5. The Morgan fingerprint density at radius 3 is 1.67 bits per heavy atom. The van der Waals surface area contributed by atoms with Gasteiger partial charge in [0.15, 0.2) is 0 Å². The molecule has 0 spiro atoms. The first-order chi connectivity index (χ1) is 14.2. The van der Waals surface area contributed by atoms with Crippen molar-refractivity contribution in [1.29, 1.82) is 0 Å². The molecule has 1 atom stereocenters. The summed E-state index contributed by atoms with van der Waals surface area (Å²) in [5.74, 6) is -2.17. The van der Waals surface area contributed by atoms with Gasteiger partial charge in [0.1, 0.15) is 6.04 Å². The number of benzene rings is 2. The number of aliphatic carboxylic acids is 1. The predicted octanol–water partition coefficient (Wildman–Crippen LogP) is 1.68. The number of rotatable bonds is 8. The number of amides is 3. The average molecular weight is 419 g/mol. The molecule has 160 valence electrons. The lowest BCUT2D eigenvalue weighted by molar-refractivity contribution is -0.139. The zero-order chi connectivity index (χ0) is 22.3. The summed E-state index contributed by atoms with van der Waals surface area (Å²) in [6, 6.07) is 7.78. The smallest absolute Gasteiger partial charge is 0.319 e. The van der Waals surface area contributed by atoms with E-state index in [1.54, 1.807) is 0 Å². The second-order valence-electron chi connectivity index (χ2n) is 5.88. The van der Waals surface area contributed by atoms with Crippen LogP contribution >= 0.6 is 0 Å². The minimum atomic E-state index is -1.44. The van der Waals surface area contributed by atoms with Crippen molar-refractivity contribution in [1.82, 2.24) is 5.32 Å². The summed E-state index contributed by atoms with van der Waals surface area (Å²) in [5, 5.41) is 54.3. The standard InChI is InChI=1S/C17H17N5O8/c23-15(24)9-14(16(25)18-10-1-5-12(6-2-10)21(27)28)20-17(26)19-11-3-7-13(8-4-11)22(29)30/h1-8,14,27,29H,9H2,(H,18,25)(H,23,24)(H2,19,20,26)/q-2. The number of carbonyl (C=O) groups excluding carboxylic acids is 2. The van der Waals surface area contributed by atoms with Crippen LogP contribution in [0.1, 0.15) is 6.42 Å². The van der Waals surface area contributed by atoms with E-state index < -0.39 is 30.4 Å². The van der Waals surface area contributed by atoms with E-state index in [9.17, 15) is 24.8 Å². The van der Waals surface area contributed by atoms with Crippen molar-refractivity contribution in [2.75, 3.05) is 21.1 Å². The third-order valence-corrected chi connectivity index (χ3v) is 3.70. The number of carbonyl (C=O) groups is 3. The van der Waals surface area contributed by atoms with Crippen molar-refractivity contribution in [2.24, 2.45) is 0 Å². The molecule has 30 heavy (non-hydrogen) atoms. The molecule has 0 aliphatic heterocycles. The summed E-state index contributed by atoms with van der Waals surface area (Å²) < 4.78 is 0. The Labute approximate surface area is 169 Å². The van der Waals surface area contributed by atoms with Crippen molar-refractivity contribution in [3.63, 3.8) is 0 Å². The van der Waals surface area contributed by atoms with Gasteiger partial charge in [-0.2, -0.15) is 0 Å². The van der Waals surface area contributed by atoms with Gasteiger partial charge in [0.05, 0.1) is 17.8 Å². The van der Waals surface area contributed by atoms with E-state index in [0.717, 1.165) is 0 Å². The van der Waals surface area contributed by atoms with Crippen LogP contribution in [0.25, 0.3) is 0 Å². The highest BCUT2D eigenvalue weighted by molar-refractivity contribution is 6.00. The van der Waals surface area contributed by atoms with E-state index in [1.807, 2.05) is 0 Å². The largest absolute Gasteiger partial charge is 0.733 e. The molecule has 0 saturated carbocycles. The summed E-state index contributed by atoms with van der Waals surface area (Å²) >= 11 is 0. The van der Waals surface area contributed by atoms with Crippen LogP contribution in [0.15, 0.2) is 48.5 Å². The van der Waals surface area contributed by atoms with Gasteiger partial charge in [0, 0.05) is 11.4 Å². The number of hydrogen-bond acceptors (Lipinski definition) is 9. The predicted molar refractivity (Wildman–Crippen MR) is 105 cm³/mol. The van der Waals surface area contributed by atoms with Gasteiger partial charge in [-0.1, -0.05) is 0 Å². The van der Waals surface area contributed by atoms with Gasteiger partial charge >= 0.3 is 12.0 Å². The zero-order valence-corrected chi connectivity index (χ0v) is 15.2. The van der Waals surface area contributed by atoms with Gasteiger partial charge in [0.25, 0.3) is 0 Å². The van der Waals surface area contributed by atoms with E-state index in [-0.39, 0.29) is 33.2 Å². The third kappa shape index (κ3) is 6.61. The minimum Gasteiger partial charge on any atom is -0.733 e. The van der Waals surface area contributed by atoms with E-state index in [2.05, 4.69) is 16.0 Å². The first-order valence-electron chi connectivity index (χ1n) is 8.28. The average Bonchev–Trinajstić information content (AvgIpc) is 2.67. The molecule has 0 radical (unpaired) electrons. The molecule has 6 N–H and O–H groups in total. The first kappa shape index (κ1) is 22.4. The molecule has 0 bridgehead atoms. The lowest BCUT2D eigenvalue weighted by Gasteiger charge is -2.22. The van der Waals surface area contributed by atoms with Gasteiger partial charge in [-0.3, -0.25) is 20.0 Å². The maximum absolute atomic E-state index is 12.4. The van der Waals surface area contributed by atoms with Crippen LogP contribution in [0.4, 0.5) is 27.5 Å². The first-order valence-corrected chi connectivity index (χ1v) is 8.28. The van der Waals surface area contributed by atoms with Gasteiger partial charge < -0.3 is 41.9 Å². The van der Waals surface area contributed by atoms with Crippen LogP contribution in [-0.2, 0) is 9.59 Å². The number of hydrogen-bond donors (Lipinski definition) is 6. The van der Waals surface area contributed by atoms with Gasteiger partial charge in [-0.15, -0.1) is 0 Å². The highest BCUT2D eigenvalue weighted by Gasteiger charge is 2.24. The molecule has 13 heteroatoms. The fourth-order valence-corrected chi connectivity index (χ4v) is 2.28. The number of anilines is 4. The van der Waals surface area contributed by atoms with E-state index in [0.29, 0.717) is 0 Å². The number of nitrogens with one attached hydrogen (secondary N) is 3. The van der Waals surface area contributed by atoms with E-state index in [1.165, 1.54) is 48.5 Å². The van der Waals surface area contributed by atoms with Crippen molar-refractivity contribution >= 4 is 40.7 Å². The molecule has 0 fully saturated rings. The Morgan fingerprint density at radius 2 is 1.27 bits per heavy atom. The second kappa shape index (κ2) is 10.0. The Bertz CT molecular complexity index is 886. The number of carboxylic acid groups (broad SMARTS) is 1. The van der Waals surface area contributed by atoms with Gasteiger partial charge in [0.2, 0.25) is 5.91 Å². The molecule has 1 unspecified atom stereocenters. The van der Waals surface area contributed by atoms with Crippen molar-refractivity contribution in [3.8, 4) is 0 Å². The van der Waals surface area contributed by atoms with Crippen molar-refractivity contribution < 1.29 is 29.9 Å². The van der Waals surface area contributed by atoms with Crippen LogP contribution in [0, 0.1) is 10.4 Å². The number of nitrogens with zero attached hydrogens (tertiary/aromatic N) is 2. The highest BCUT2D eigenvalue weighted by atomic mass is 16.8. The molecule has 0 aromatic heterocycles. The Hall–Kier alpha value is -3.91. The van der Waals surface area contributed by atoms with Crippen molar-refractivity contribution in [2.45, 2.75) is 12.5 Å². The molecule has 0 heterocycles. The summed E-state index contributed by atoms with van der Waals surface area (Å²) in [6.45, 7) is 0. The van der Waals surface area contributed by atoms with Crippen LogP contribution in [0.3, 0.4) is 0 Å². The highest BCUT2D eigenvalue weighted by Crippen LogP contribution is 2.17. The van der Waals surface area contributed by atoms with Crippen LogP contribution in [0.2, 0.25) is 0 Å². The van der Waals surface area contributed by atoms with Gasteiger partial charge in [-0.25, -0.2) is 4.79 Å². The lowest BCUT2D eigenvalue weighted by atomic mass is 10.2. The maximum atomic E-state index is 12.4. The molecule has 13 nitrogen and oxygen atoms in total. The second-order valence-corrected chi connectivity index (χ2v) is 5.88. The minimum absolute atomic E-state index is 0.0728. The SMILES string of the molecule is O=C(O)CC(NC(=O)Nc1ccc(N([O-])O)cc1)C(=O)Nc1ccc(N([O-])O)cc1. The van der Waals surface area contributed by atoms with Crippen LogP contribution in [0.5, 0.6) is 0 Å². The maximum Gasteiger partial charge on any atom is 0.319 e. The van der Waals surface area contributed by atoms with Crippen LogP contribution in [-0.4, -0.2) is 39.5 Å². The number of carboxylic acids is 1. The Morgan fingerprint density at radius 1 is 0.833 bits per heavy atom. The topological polar surface area (TPSA) is 201 Å². The van der Waals surface area contributed by atoms with Gasteiger partial charge in [-0.05, 0) is 48.5 Å². The monoisotopic (exact) mass is 419 g/mol. The fourth-order valence-electron chi connectivity index (χ4n) is 2.28. The van der Waals surface area contributed by atoms with E-state index in [4.69, 9.17) is 15.5 Å². The molecule has 2 rings (SSSR count).